The number of para-hydroxylation sites is 1. The van der Waals surface area contributed by atoms with Crippen molar-refractivity contribution in [3.8, 4) is 0 Å². The molecule has 0 radical (unpaired) electrons. The van der Waals surface area contributed by atoms with Crippen LogP contribution in [0.2, 0.25) is 0 Å². The molecule has 0 saturated heterocycles. The number of nitrogens with zero attached hydrogens (tertiary/aromatic N) is 1. The number of hydrogen-bond donors (Lipinski definition) is 1. The lowest BCUT2D eigenvalue weighted by Gasteiger charge is -2.22. The Hall–Kier alpha value is -2.14. The lowest BCUT2D eigenvalue weighted by atomic mass is 10.1. The van der Waals surface area contributed by atoms with Crippen LogP contribution in [-0.4, -0.2) is 24.4 Å². The SMILES string of the molecule is CC1Cc2ccccc2N1C(=O)CNC(=O)Cc1ccc(Br)cc1. The number of hydrogen-bond acceptors (Lipinski definition) is 2. The second-order valence-electron chi connectivity index (χ2n) is 6.03. The summed E-state index contributed by atoms with van der Waals surface area (Å²) in [6.07, 6.45) is 1.13. The maximum atomic E-state index is 12.5. The molecule has 1 aliphatic rings. The van der Waals surface area contributed by atoms with E-state index in [4.69, 9.17) is 0 Å². The number of carbonyl (C=O) groups excluding carboxylic acids is 2. The maximum absolute atomic E-state index is 12.5. The molecular formula is C19H19BrN2O2. The summed E-state index contributed by atoms with van der Waals surface area (Å²) < 4.78 is 0.975. The van der Waals surface area contributed by atoms with Crippen LogP contribution in [-0.2, 0) is 22.4 Å². The zero-order chi connectivity index (χ0) is 17.1. The molecule has 0 spiro atoms. The van der Waals surface area contributed by atoms with Crippen molar-refractivity contribution in [2.24, 2.45) is 0 Å². The molecule has 24 heavy (non-hydrogen) atoms. The summed E-state index contributed by atoms with van der Waals surface area (Å²) in [6.45, 7) is 2.05. The van der Waals surface area contributed by atoms with Crippen LogP contribution in [0.25, 0.3) is 0 Å². The average molecular weight is 387 g/mol. The second-order valence-corrected chi connectivity index (χ2v) is 6.94. The van der Waals surface area contributed by atoms with Crippen molar-refractivity contribution < 1.29 is 9.59 Å². The topological polar surface area (TPSA) is 49.4 Å². The third-order valence-electron chi connectivity index (χ3n) is 4.19. The fourth-order valence-electron chi connectivity index (χ4n) is 3.06. The van der Waals surface area contributed by atoms with E-state index in [1.165, 1.54) is 5.56 Å². The van der Waals surface area contributed by atoms with Crippen molar-refractivity contribution in [2.75, 3.05) is 11.4 Å². The lowest BCUT2D eigenvalue weighted by molar-refractivity contribution is -0.124. The molecule has 0 saturated carbocycles. The molecule has 1 unspecified atom stereocenters. The number of amides is 2. The van der Waals surface area contributed by atoms with Crippen molar-refractivity contribution in [1.29, 1.82) is 0 Å². The molecule has 0 aliphatic carbocycles. The normalized spacial score (nSPS) is 15.9. The zero-order valence-electron chi connectivity index (χ0n) is 13.5. The van der Waals surface area contributed by atoms with Gasteiger partial charge in [-0.05, 0) is 42.7 Å². The summed E-state index contributed by atoms with van der Waals surface area (Å²) >= 11 is 3.37. The Bertz CT molecular complexity index is 758. The van der Waals surface area contributed by atoms with Crippen molar-refractivity contribution in [3.63, 3.8) is 0 Å². The first-order valence-corrected chi connectivity index (χ1v) is 8.75. The van der Waals surface area contributed by atoms with Gasteiger partial charge in [0.2, 0.25) is 11.8 Å². The van der Waals surface area contributed by atoms with Gasteiger partial charge in [0.15, 0.2) is 0 Å². The van der Waals surface area contributed by atoms with E-state index in [2.05, 4.69) is 21.2 Å². The highest BCUT2D eigenvalue weighted by Gasteiger charge is 2.30. The van der Waals surface area contributed by atoms with Crippen LogP contribution in [0.4, 0.5) is 5.69 Å². The molecule has 0 fully saturated rings. The van der Waals surface area contributed by atoms with Gasteiger partial charge in [0.1, 0.15) is 0 Å². The van der Waals surface area contributed by atoms with E-state index in [0.717, 1.165) is 22.1 Å². The summed E-state index contributed by atoms with van der Waals surface area (Å²) in [4.78, 5) is 26.4. The van der Waals surface area contributed by atoms with Gasteiger partial charge < -0.3 is 10.2 Å². The van der Waals surface area contributed by atoms with Gasteiger partial charge in [-0.15, -0.1) is 0 Å². The first-order valence-electron chi connectivity index (χ1n) is 7.95. The smallest absolute Gasteiger partial charge is 0.246 e. The molecule has 1 heterocycles. The van der Waals surface area contributed by atoms with Gasteiger partial charge in [-0.2, -0.15) is 0 Å². The van der Waals surface area contributed by atoms with Crippen LogP contribution < -0.4 is 10.2 Å². The van der Waals surface area contributed by atoms with E-state index in [9.17, 15) is 9.59 Å². The molecule has 1 atom stereocenters. The van der Waals surface area contributed by atoms with Crippen molar-refractivity contribution in [2.45, 2.75) is 25.8 Å². The highest BCUT2D eigenvalue weighted by Crippen LogP contribution is 2.31. The number of carbonyl (C=O) groups is 2. The van der Waals surface area contributed by atoms with Gasteiger partial charge in [0.25, 0.3) is 0 Å². The van der Waals surface area contributed by atoms with Crippen LogP contribution in [0.5, 0.6) is 0 Å². The molecule has 1 aliphatic heterocycles. The van der Waals surface area contributed by atoms with E-state index < -0.39 is 0 Å². The van der Waals surface area contributed by atoms with Gasteiger partial charge in [0, 0.05) is 16.2 Å². The largest absolute Gasteiger partial charge is 0.347 e. The highest BCUT2D eigenvalue weighted by molar-refractivity contribution is 9.10. The minimum absolute atomic E-state index is 0.0219. The average Bonchev–Trinajstić information content (AvgIpc) is 2.90. The summed E-state index contributed by atoms with van der Waals surface area (Å²) in [5, 5.41) is 2.73. The van der Waals surface area contributed by atoms with Crippen LogP contribution in [0, 0.1) is 0 Å². The van der Waals surface area contributed by atoms with Crippen LogP contribution in [0.1, 0.15) is 18.1 Å². The molecular weight excluding hydrogens is 368 g/mol. The second kappa shape index (κ2) is 7.18. The Morgan fingerprint density at radius 1 is 1.17 bits per heavy atom. The fraction of sp³-hybridized carbons (Fsp3) is 0.263. The highest BCUT2D eigenvalue weighted by atomic mass is 79.9. The van der Waals surface area contributed by atoms with E-state index in [1.54, 1.807) is 4.90 Å². The van der Waals surface area contributed by atoms with Gasteiger partial charge in [-0.1, -0.05) is 46.3 Å². The predicted octanol–water partition coefficient (Wildman–Crippen LogP) is 3.09. The third kappa shape index (κ3) is 3.67. The Morgan fingerprint density at radius 3 is 2.62 bits per heavy atom. The van der Waals surface area contributed by atoms with E-state index in [-0.39, 0.29) is 30.8 Å². The molecule has 0 bridgehead atoms. The fourth-order valence-corrected chi connectivity index (χ4v) is 3.32. The van der Waals surface area contributed by atoms with E-state index >= 15 is 0 Å². The molecule has 3 rings (SSSR count). The summed E-state index contributed by atoms with van der Waals surface area (Å²) in [6, 6.07) is 15.6. The number of halogens is 1. The molecule has 0 aromatic heterocycles. The van der Waals surface area contributed by atoms with Crippen LogP contribution in [0.15, 0.2) is 53.0 Å². The van der Waals surface area contributed by atoms with Gasteiger partial charge in [0.05, 0.1) is 13.0 Å². The lowest BCUT2D eigenvalue weighted by Crippen LogP contribution is -2.43. The Labute approximate surface area is 150 Å². The Morgan fingerprint density at radius 2 is 1.88 bits per heavy atom. The van der Waals surface area contributed by atoms with Gasteiger partial charge >= 0.3 is 0 Å². The van der Waals surface area contributed by atoms with Gasteiger partial charge in [-0.3, -0.25) is 9.59 Å². The molecule has 2 aromatic carbocycles. The molecule has 4 nitrogen and oxygen atoms in total. The van der Waals surface area contributed by atoms with Crippen molar-refractivity contribution in [1.82, 2.24) is 5.32 Å². The van der Waals surface area contributed by atoms with Crippen molar-refractivity contribution >= 4 is 33.4 Å². The quantitative estimate of drug-likeness (QED) is 0.877. The Kier molecular flexibility index (Phi) is 5.00. The third-order valence-corrected chi connectivity index (χ3v) is 4.72. The Balaban J connectivity index is 1.57. The maximum Gasteiger partial charge on any atom is 0.246 e. The molecule has 2 aromatic rings. The minimum atomic E-state index is -0.147. The monoisotopic (exact) mass is 386 g/mol. The first-order chi connectivity index (χ1) is 11.5. The standard InChI is InChI=1S/C19H19BrN2O2/c1-13-10-15-4-2-3-5-17(15)22(13)19(24)12-21-18(23)11-14-6-8-16(20)9-7-14/h2-9,13H,10-12H2,1H3,(H,21,23). The number of anilines is 1. The summed E-state index contributed by atoms with van der Waals surface area (Å²) in [5.74, 6) is -0.220. The predicted molar refractivity (Wildman–Crippen MR) is 97.9 cm³/mol. The van der Waals surface area contributed by atoms with Crippen molar-refractivity contribution in [3.05, 3.63) is 64.1 Å². The van der Waals surface area contributed by atoms with Crippen LogP contribution >= 0.6 is 15.9 Å². The van der Waals surface area contributed by atoms with E-state index in [0.29, 0.717) is 0 Å². The van der Waals surface area contributed by atoms with Crippen LogP contribution in [0.3, 0.4) is 0 Å². The number of benzene rings is 2. The number of rotatable bonds is 4. The molecule has 1 N–H and O–H groups in total. The first kappa shape index (κ1) is 16.7. The van der Waals surface area contributed by atoms with Gasteiger partial charge in [-0.25, -0.2) is 0 Å². The summed E-state index contributed by atoms with van der Waals surface area (Å²) in [7, 11) is 0. The zero-order valence-corrected chi connectivity index (χ0v) is 15.0. The molecule has 2 amide bonds. The van der Waals surface area contributed by atoms with E-state index in [1.807, 2.05) is 55.5 Å². The molecule has 124 valence electrons. The molecule has 5 heteroatoms. The minimum Gasteiger partial charge on any atom is -0.347 e. The number of fused-ring (bicyclic) bond motifs is 1. The number of nitrogens with one attached hydrogen (secondary N) is 1. The summed E-state index contributed by atoms with van der Waals surface area (Å²) in [5.41, 5.74) is 3.06.